The van der Waals surface area contributed by atoms with E-state index in [-0.39, 0.29) is 0 Å². The molecule has 0 aliphatic heterocycles. The smallest absolute Gasteiger partial charge is 0.165 e. The first-order valence-corrected chi connectivity index (χ1v) is 6.78. The van der Waals surface area contributed by atoms with Crippen molar-refractivity contribution in [2.75, 3.05) is 6.54 Å². The maximum absolute atomic E-state index is 4.18. The number of hydrogen-bond donors (Lipinski definition) is 1. The maximum atomic E-state index is 4.18. The molecule has 17 heavy (non-hydrogen) atoms. The van der Waals surface area contributed by atoms with E-state index in [1.165, 1.54) is 32.1 Å². The number of nitrogens with zero attached hydrogens (tertiary/aromatic N) is 4. The van der Waals surface area contributed by atoms with E-state index in [0.29, 0.717) is 6.04 Å². The lowest BCUT2D eigenvalue weighted by molar-refractivity contribution is 0.376. The van der Waals surface area contributed by atoms with Crippen LogP contribution in [0.3, 0.4) is 0 Å². The minimum atomic E-state index is 0.503. The van der Waals surface area contributed by atoms with E-state index < -0.39 is 0 Å². The fourth-order valence-electron chi connectivity index (χ4n) is 2.56. The van der Waals surface area contributed by atoms with Gasteiger partial charge in [0.25, 0.3) is 0 Å². The molecule has 0 spiro atoms. The fraction of sp³-hybridized carbons (Fsp3) is 0.917. The molecule has 0 saturated heterocycles. The van der Waals surface area contributed by atoms with E-state index in [9.17, 15) is 0 Å². The zero-order chi connectivity index (χ0) is 12.1. The molecule has 0 bridgehead atoms. The molecule has 1 aromatic rings. The molecular weight excluding hydrogens is 214 g/mol. The van der Waals surface area contributed by atoms with Gasteiger partial charge in [0, 0.05) is 0 Å². The van der Waals surface area contributed by atoms with Crippen LogP contribution in [0.5, 0.6) is 0 Å². The number of rotatable bonds is 4. The Kier molecular flexibility index (Phi) is 4.48. The fourth-order valence-corrected chi connectivity index (χ4v) is 2.56. The molecule has 1 heterocycles. The second-order valence-electron chi connectivity index (χ2n) is 5.09. The molecule has 0 radical (unpaired) electrons. The Hall–Kier alpha value is -0.970. The molecule has 1 saturated carbocycles. The molecule has 5 heteroatoms. The molecule has 2 rings (SSSR count). The predicted molar refractivity (Wildman–Crippen MR) is 66.5 cm³/mol. The van der Waals surface area contributed by atoms with Gasteiger partial charge in [-0.2, -0.15) is 0 Å². The summed E-state index contributed by atoms with van der Waals surface area (Å²) < 4.78 is 2.04. The van der Waals surface area contributed by atoms with Crippen molar-refractivity contribution in [3.63, 3.8) is 0 Å². The average Bonchev–Trinajstić information content (AvgIpc) is 2.69. The highest BCUT2D eigenvalue weighted by molar-refractivity contribution is 4.85. The second kappa shape index (κ2) is 6.10. The third-order valence-corrected chi connectivity index (χ3v) is 3.67. The first kappa shape index (κ1) is 12.5. The molecule has 96 valence electrons. The summed E-state index contributed by atoms with van der Waals surface area (Å²) in [5.41, 5.74) is 0. The molecule has 5 nitrogen and oxygen atoms in total. The maximum Gasteiger partial charge on any atom is 0.165 e. The number of hydrogen-bond acceptors (Lipinski definition) is 4. The van der Waals surface area contributed by atoms with Gasteiger partial charge in [-0.05, 0) is 42.2 Å². The minimum Gasteiger partial charge on any atom is -0.310 e. The molecule has 2 atom stereocenters. The largest absolute Gasteiger partial charge is 0.310 e. The van der Waals surface area contributed by atoms with Crippen molar-refractivity contribution in [2.24, 2.45) is 5.92 Å². The van der Waals surface area contributed by atoms with Gasteiger partial charge >= 0.3 is 0 Å². The Morgan fingerprint density at radius 1 is 1.29 bits per heavy atom. The van der Waals surface area contributed by atoms with Gasteiger partial charge in [-0.3, -0.25) is 0 Å². The summed E-state index contributed by atoms with van der Waals surface area (Å²) >= 11 is 0. The van der Waals surface area contributed by atoms with Crippen LogP contribution >= 0.6 is 0 Å². The van der Waals surface area contributed by atoms with Crippen molar-refractivity contribution in [1.82, 2.24) is 25.5 Å². The Bertz CT molecular complexity index is 335. The Balaban J connectivity index is 2.02. The van der Waals surface area contributed by atoms with Crippen LogP contribution in [0.15, 0.2) is 0 Å². The summed E-state index contributed by atoms with van der Waals surface area (Å²) in [6.07, 6.45) is 6.37. The van der Waals surface area contributed by atoms with Crippen molar-refractivity contribution in [1.29, 1.82) is 0 Å². The van der Waals surface area contributed by atoms with E-state index in [0.717, 1.165) is 24.8 Å². The first-order valence-electron chi connectivity index (χ1n) is 6.78. The highest BCUT2D eigenvalue weighted by atomic mass is 15.6. The van der Waals surface area contributed by atoms with Gasteiger partial charge in [-0.1, -0.05) is 26.7 Å². The topological polar surface area (TPSA) is 55.6 Å². The third-order valence-electron chi connectivity index (χ3n) is 3.67. The van der Waals surface area contributed by atoms with Crippen LogP contribution in [0.1, 0.15) is 57.8 Å². The lowest BCUT2D eigenvalue weighted by Gasteiger charge is -2.15. The molecule has 1 aliphatic rings. The summed E-state index contributed by atoms with van der Waals surface area (Å²) in [4.78, 5) is 0. The van der Waals surface area contributed by atoms with Crippen molar-refractivity contribution in [2.45, 2.75) is 58.5 Å². The molecule has 1 aromatic heterocycles. The highest BCUT2D eigenvalue weighted by Crippen LogP contribution is 2.29. The Morgan fingerprint density at radius 3 is 3.00 bits per heavy atom. The quantitative estimate of drug-likeness (QED) is 0.813. The monoisotopic (exact) mass is 237 g/mol. The lowest BCUT2D eigenvalue weighted by atomic mass is 10.0. The van der Waals surface area contributed by atoms with Crippen molar-refractivity contribution >= 4 is 0 Å². The van der Waals surface area contributed by atoms with Crippen molar-refractivity contribution < 1.29 is 0 Å². The molecule has 1 aliphatic carbocycles. The van der Waals surface area contributed by atoms with E-state index >= 15 is 0 Å². The molecule has 0 amide bonds. The summed E-state index contributed by atoms with van der Waals surface area (Å²) in [6.45, 7) is 6.17. The minimum absolute atomic E-state index is 0.503. The van der Waals surface area contributed by atoms with Crippen molar-refractivity contribution in [3.05, 3.63) is 5.82 Å². The number of nitrogens with one attached hydrogen (secondary N) is 1. The van der Waals surface area contributed by atoms with Crippen LogP contribution in [0, 0.1) is 5.92 Å². The van der Waals surface area contributed by atoms with Crippen LogP contribution in [0.4, 0.5) is 0 Å². The van der Waals surface area contributed by atoms with Crippen molar-refractivity contribution in [3.8, 4) is 0 Å². The van der Waals surface area contributed by atoms with E-state index in [1.54, 1.807) is 0 Å². The van der Waals surface area contributed by atoms with Crippen LogP contribution < -0.4 is 5.32 Å². The Labute approximate surface area is 103 Å². The molecule has 1 fully saturated rings. The zero-order valence-electron chi connectivity index (χ0n) is 10.9. The summed E-state index contributed by atoms with van der Waals surface area (Å²) in [5, 5.41) is 15.4. The van der Waals surface area contributed by atoms with Crippen LogP contribution in [-0.2, 0) is 6.54 Å². The lowest BCUT2D eigenvalue weighted by Crippen LogP contribution is -2.20. The highest BCUT2D eigenvalue weighted by Gasteiger charge is 2.20. The van der Waals surface area contributed by atoms with Gasteiger partial charge in [0.15, 0.2) is 5.82 Å². The number of tetrazole rings is 1. The van der Waals surface area contributed by atoms with Gasteiger partial charge in [0.1, 0.15) is 0 Å². The summed E-state index contributed by atoms with van der Waals surface area (Å²) in [6, 6.07) is 0.503. The zero-order valence-corrected chi connectivity index (χ0v) is 10.9. The third kappa shape index (κ3) is 3.25. The van der Waals surface area contributed by atoms with Gasteiger partial charge in [-0.15, -0.1) is 5.10 Å². The summed E-state index contributed by atoms with van der Waals surface area (Å²) in [5.74, 6) is 1.83. The second-order valence-corrected chi connectivity index (χ2v) is 5.09. The van der Waals surface area contributed by atoms with Gasteiger partial charge in [-0.25, -0.2) is 4.68 Å². The van der Waals surface area contributed by atoms with E-state index in [4.69, 9.17) is 0 Å². The van der Waals surface area contributed by atoms with Gasteiger partial charge < -0.3 is 5.32 Å². The van der Waals surface area contributed by atoms with E-state index in [2.05, 4.69) is 34.7 Å². The molecule has 1 N–H and O–H groups in total. The molecular formula is C12H23N5. The average molecular weight is 237 g/mol. The van der Waals surface area contributed by atoms with E-state index in [1.807, 2.05) is 4.68 Å². The summed E-state index contributed by atoms with van der Waals surface area (Å²) in [7, 11) is 0. The first-order chi connectivity index (χ1) is 8.31. The van der Waals surface area contributed by atoms with Crippen LogP contribution in [0.2, 0.25) is 0 Å². The SMILES string of the molecule is CCNCc1nnnn1C1CCCC(C)CC1. The van der Waals surface area contributed by atoms with Crippen LogP contribution in [0.25, 0.3) is 0 Å². The molecule has 2 unspecified atom stereocenters. The Morgan fingerprint density at radius 2 is 2.18 bits per heavy atom. The molecule has 0 aromatic carbocycles. The predicted octanol–water partition coefficient (Wildman–Crippen LogP) is 1.92. The standard InChI is InChI=1S/C12H23N5/c1-3-13-9-12-14-15-16-17(12)11-6-4-5-10(2)7-8-11/h10-11,13H,3-9H2,1-2H3. The van der Waals surface area contributed by atoms with Crippen LogP contribution in [-0.4, -0.2) is 26.8 Å². The normalized spacial score (nSPS) is 25.8. The van der Waals surface area contributed by atoms with Gasteiger partial charge in [0.05, 0.1) is 12.6 Å². The van der Waals surface area contributed by atoms with Gasteiger partial charge in [0.2, 0.25) is 0 Å². The number of aromatic nitrogens is 4.